The molecule has 0 spiro atoms. The van der Waals surface area contributed by atoms with E-state index in [1.54, 1.807) is 18.2 Å². The number of amides is 1. The predicted molar refractivity (Wildman–Crippen MR) is 128 cm³/mol. The summed E-state index contributed by atoms with van der Waals surface area (Å²) < 4.78 is 26.8. The molecule has 2 rings (SSSR count). The van der Waals surface area contributed by atoms with Crippen LogP contribution in [0.1, 0.15) is 10.4 Å². The van der Waals surface area contributed by atoms with E-state index in [4.69, 9.17) is 0 Å². The van der Waals surface area contributed by atoms with Crippen LogP contribution in [0.4, 0.5) is 0 Å². The molecule has 4 nitrogen and oxygen atoms in total. The number of carbonyl (C=O) groups is 1. The molecule has 0 atom stereocenters. The van der Waals surface area contributed by atoms with Crippen molar-refractivity contribution in [3.8, 4) is 22.2 Å². The van der Waals surface area contributed by atoms with E-state index in [9.17, 15) is 13.2 Å². The summed E-state index contributed by atoms with van der Waals surface area (Å²) in [7, 11) is -9.81. The van der Waals surface area contributed by atoms with Gasteiger partial charge in [0.25, 0.3) is 15.9 Å². The van der Waals surface area contributed by atoms with E-state index in [-0.39, 0.29) is 17.0 Å². The van der Waals surface area contributed by atoms with Crippen molar-refractivity contribution in [2.24, 2.45) is 0 Å². The first-order chi connectivity index (χ1) is 13.1. The molecule has 1 heterocycles. The number of rotatable bonds is 3. The Morgan fingerprint density at radius 2 is 1.41 bits per heavy atom. The van der Waals surface area contributed by atoms with E-state index in [2.05, 4.69) is 68.0 Å². The van der Waals surface area contributed by atoms with Gasteiger partial charge in [-0.2, -0.15) is 0 Å². The van der Waals surface area contributed by atoms with Crippen LogP contribution in [0, 0.1) is 22.2 Å². The molecule has 0 unspecified atom stereocenters. The second-order valence-corrected chi connectivity index (χ2v) is 24.3. The Hall–Kier alpha value is -1.85. The average molecular weight is 460 g/mol. The third kappa shape index (κ3) is 5.40. The standard InChI is InChI=1S/C21H29NO3SSi3/c1-18(29(8,15-13-27(2,3)4)16-14-28(5,6)7)17-22-21(23)19-11-9-10-12-20(19)26(22,24)25/h9-12H,1,17H2,2-8H3. The van der Waals surface area contributed by atoms with Gasteiger partial charge in [0.15, 0.2) is 0 Å². The summed E-state index contributed by atoms with van der Waals surface area (Å²) in [5.74, 6) is -0.505. The Bertz CT molecular complexity index is 1060. The Balaban J connectivity index is 2.46. The van der Waals surface area contributed by atoms with Crippen LogP contribution >= 0.6 is 0 Å². The maximum atomic E-state index is 12.9. The first-order valence-corrected chi connectivity index (χ1v) is 20.4. The lowest BCUT2D eigenvalue weighted by Gasteiger charge is -2.24. The molecule has 1 aliphatic rings. The molecule has 0 fully saturated rings. The van der Waals surface area contributed by atoms with Gasteiger partial charge >= 0.3 is 0 Å². The highest BCUT2D eigenvalue weighted by molar-refractivity contribution is 7.90. The molecule has 0 aromatic heterocycles. The molecule has 0 bridgehead atoms. The van der Waals surface area contributed by atoms with Crippen molar-refractivity contribution in [1.29, 1.82) is 0 Å². The topological polar surface area (TPSA) is 54.5 Å². The summed E-state index contributed by atoms with van der Waals surface area (Å²) >= 11 is 0. The van der Waals surface area contributed by atoms with Crippen LogP contribution in [0.2, 0.25) is 45.8 Å². The Kier molecular flexibility index (Phi) is 6.27. The second kappa shape index (κ2) is 7.77. The summed E-state index contributed by atoms with van der Waals surface area (Å²) in [6, 6.07) is 6.31. The third-order valence-electron chi connectivity index (χ3n) is 4.33. The monoisotopic (exact) mass is 459 g/mol. The highest BCUT2D eigenvalue weighted by atomic mass is 32.2. The number of nitrogens with zero attached hydrogens (tertiary/aromatic N) is 1. The van der Waals surface area contributed by atoms with Crippen molar-refractivity contribution in [1.82, 2.24) is 4.31 Å². The summed E-state index contributed by atoms with van der Waals surface area (Å²) in [5.41, 5.74) is 13.8. The Morgan fingerprint density at radius 1 is 0.931 bits per heavy atom. The lowest BCUT2D eigenvalue weighted by Crippen LogP contribution is -2.41. The fourth-order valence-corrected chi connectivity index (χ4v) is 10.1. The smallest absolute Gasteiger partial charge is 0.268 e. The summed E-state index contributed by atoms with van der Waals surface area (Å²) in [6.07, 6.45) is 0. The maximum Gasteiger partial charge on any atom is 0.269 e. The fraction of sp³-hybridized carbons (Fsp3) is 0.381. The van der Waals surface area contributed by atoms with E-state index >= 15 is 0 Å². The van der Waals surface area contributed by atoms with Gasteiger partial charge in [-0.1, -0.05) is 51.4 Å². The first kappa shape index (κ1) is 23.4. The molecule has 0 N–H and O–H groups in total. The molecule has 1 aliphatic heterocycles. The lowest BCUT2D eigenvalue weighted by atomic mass is 10.2. The van der Waals surface area contributed by atoms with E-state index in [1.165, 1.54) is 6.07 Å². The SMILES string of the molecule is C=C(CN1C(=O)c2ccccc2S1(=O)=O)[Si](C)(C#C[Si](C)(C)C)C#C[Si](C)(C)C. The van der Waals surface area contributed by atoms with Crippen LogP contribution < -0.4 is 0 Å². The molecule has 1 amide bonds. The summed E-state index contributed by atoms with van der Waals surface area (Å²) in [5, 5.41) is 0.652. The van der Waals surface area contributed by atoms with Gasteiger partial charge in [-0.25, -0.2) is 12.7 Å². The van der Waals surface area contributed by atoms with Crippen LogP contribution in [0.15, 0.2) is 40.9 Å². The van der Waals surface area contributed by atoms with Crippen LogP contribution in [-0.4, -0.2) is 49.4 Å². The minimum absolute atomic E-state index is 0.0579. The molecule has 8 heteroatoms. The van der Waals surface area contributed by atoms with Gasteiger partial charge in [0.1, 0.15) is 21.0 Å². The average Bonchev–Trinajstić information content (AvgIpc) is 2.78. The van der Waals surface area contributed by atoms with Crippen molar-refractivity contribution in [3.05, 3.63) is 41.6 Å². The highest BCUT2D eigenvalue weighted by Crippen LogP contribution is 2.31. The number of benzene rings is 1. The van der Waals surface area contributed by atoms with Crippen molar-refractivity contribution < 1.29 is 13.2 Å². The number of hydrogen-bond donors (Lipinski definition) is 0. The summed E-state index contributed by atoms with van der Waals surface area (Å²) in [4.78, 5) is 12.8. The quantitative estimate of drug-likeness (QED) is 0.510. The lowest BCUT2D eigenvalue weighted by molar-refractivity contribution is 0.0879. The zero-order valence-corrected chi connectivity index (χ0v) is 22.1. The number of fused-ring (bicyclic) bond motifs is 1. The first-order valence-electron chi connectivity index (χ1n) is 9.50. The zero-order valence-electron chi connectivity index (χ0n) is 18.3. The van der Waals surface area contributed by atoms with Crippen LogP contribution in [0.3, 0.4) is 0 Å². The largest absolute Gasteiger partial charge is 0.269 e. The molecule has 29 heavy (non-hydrogen) atoms. The number of carbonyl (C=O) groups excluding carboxylic acids is 1. The van der Waals surface area contributed by atoms with Crippen LogP contribution in [0.5, 0.6) is 0 Å². The minimum atomic E-state index is -3.87. The summed E-state index contributed by atoms with van der Waals surface area (Å²) in [6.45, 7) is 19.1. The zero-order chi connectivity index (χ0) is 22.3. The van der Waals surface area contributed by atoms with E-state index in [0.29, 0.717) is 5.20 Å². The van der Waals surface area contributed by atoms with Crippen molar-refractivity contribution in [3.63, 3.8) is 0 Å². The van der Waals surface area contributed by atoms with Crippen molar-refractivity contribution in [2.45, 2.75) is 50.7 Å². The minimum Gasteiger partial charge on any atom is -0.268 e. The molecular formula is C21H29NO3SSi3. The highest BCUT2D eigenvalue weighted by Gasteiger charge is 2.43. The van der Waals surface area contributed by atoms with E-state index in [1.807, 2.05) is 6.55 Å². The Labute approximate surface area is 178 Å². The van der Waals surface area contributed by atoms with Crippen LogP contribution in [0.25, 0.3) is 0 Å². The van der Waals surface area contributed by atoms with Gasteiger partial charge in [-0.15, -0.1) is 28.8 Å². The molecule has 0 radical (unpaired) electrons. The van der Waals surface area contributed by atoms with Gasteiger partial charge in [-0.3, -0.25) is 4.79 Å². The van der Waals surface area contributed by atoms with Crippen molar-refractivity contribution >= 4 is 40.2 Å². The van der Waals surface area contributed by atoms with Crippen molar-refractivity contribution in [2.75, 3.05) is 6.54 Å². The van der Waals surface area contributed by atoms with E-state index in [0.717, 1.165) is 4.31 Å². The molecule has 0 saturated carbocycles. The van der Waals surface area contributed by atoms with Gasteiger partial charge in [0, 0.05) is 0 Å². The third-order valence-corrected chi connectivity index (χ3v) is 11.2. The fourth-order valence-electron chi connectivity index (χ4n) is 2.55. The number of hydrogen-bond acceptors (Lipinski definition) is 3. The van der Waals surface area contributed by atoms with E-state index < -0.39 is 40.2 Å². The van der Waals surface area contributed by atoms with Gasteiger partial charge in [-0.05, 0) is 23.9 Å². The molecule has 154 valence electrons. The molecule has 0 aliphatic carbocycles. The Morgan fingerprint density at radius 3 is 1.86 bits per heavy atom. The molecular weight excluding hydrogens is 431 g/mol. The second-order valence-electron chi connectivity index (χ2n) is 9.54. The normalized spacial score (nSPS) is 15.7. The molecule has 1 aromatic rings. The molecule has 1 aromatic carbocycles. The molecule has 0 saturated heterocycles. The van der Waals surface area contributed by atoms with Gasteiger partial charge in [0.05, 0.1) is 12.1 Å². The maximum absolute atomic E-state index is 12.9. The van der Waals surface area contributed by atoms with Gasteiger partial charge in [0.2, 0.25) is 8.07 Å². The van der Waals surface area contributed by atoms with Gasteiger partial charge < -0.3 is 0 Å². The predicted octanol–water partition coefficient (Wildman–Crippen LogP) is 3.85. The van der Waals surface area contributed by atoms with Crippen LogP contribution in [-0.2, 0) is 10.0 Å². The number of sulfonamides is 1.